The molecule has 848 valence electrons. The molecule has 0 aromatic rings. The SMILES string of the molecule is O=S(=O)(O)OC[C@H]1O[C@H](O[C@H]2[C@H](OS(=O)(=O)O)[C@@H](OS(=O)(=O)O)[C@@H](O[C@H]3[C@H](OS(=O)(=O)O)[C@@H](OS(=O)(=O)O)[C@@H](O[C@H]4[C@H](OS(=O)(=O)O)[C@@H](OS(=O)(=O)O)[C@@H](O[C@H]5[C@H](OS(=O)(=O)O)[C@@H](OS(=O)(=O)O)[C@@H](O[C@H]6[C@H](OS(=O)(=O)O)[C@@H](OS(=O)(=O)O)C(OS(=O)(=O)O)O[C@@H]6COS(=O)(=O)O)O[C@@H]5COS(=O)(=O)O)O[C@@H]4COS(=O)(=O)O)O[C@@H]3COS(=O)(=O)O)O[C@@H]2COS(=O)(=O)O)[C@H](OS(=O)(=O)O)[C@@H](OS(=O)(=O)O)[C@@H]1O. The molecule has 107 heteroatoms. The van der Waals surface area contributed by atoms with Gasteiger partial charge < -0.3 is 57.2 Å². The predicted octanol–water partition coefficient (Wildman–Crippen LogP) is -17.4. The summed E-state index contributed by atoms with van der Waals surface area (Å²) in [5.74, 6) is 0. The maximum Gasteiger partial charge on any atom is 0.399 e. The van der Waals surface area contributed by atoms with Gasteiger partial charge in [-0.1, -0.05) is 0 Å². The number of aliphatic hydroxyl groups is 1. The van der Waals surface area contributed by atoms with Crippen LogP contribution in [0.15, 0.2) is 0 Å². The van der Waals surface area contributed by atoms with Crippen molar-refractivity contribution >= 4 is 198 Å². The summed E-state index contributed by atoms with van der Waals surface area (Å²) in [7, 11) is -127. The summed E-state index contributed by atoms with van der Waals surface area (Å²) in [4.78, 5) is 0. The predicted molar refractivity (Wildman–Crippen MR) is 397 cm³/mol. The van der Waals surface area contributed by atoms with E-state index in [-0.39, 0.29) is 0 Å². The van der Waals surface area contributed by atoms with E-state index in [1.807, 2.05) is 0 Å². The molecular formula is C36H62O88S19. The molecule has 6 fully saturated rings. The van der Waals surface area contributed by atoms with Gasteiger partial charge in [0.15, 0.2) is 68.1 Å². The fraction of sp³-hybridized carbons (Fsp3) is 1.00. The van der Waals surface area contributed by atoms with Crippen molar-refractivity contribution in [2.24, 2.45) is 0 Å². The van der Waals surface area contributed by atoms with Crippen LogP contribution in [0.5, 0.6) is 0 Å². The monoisotopic (exact) mass is 2510 g/mol. The molecule has 20 N–H and O–H groups in total. The summed E-state index contributed by atoms with van der Waals surface area (Å²) in [5, 5.41) is 11.1. The van der Waals surface area contributed by atoms with Crippen molar-refractivity contribution in [1.29, 1.82) is 0 Å². The summed E-state index contributed by atoms with van der Waals surface area (Å²) in [5.41, 5.74) is 0. The van der Waals surface area contributed by atoms with Gasteiger partial charge in [-0.15, -0.1) is 0 Å². The van der Waals surface area contributed by atoms with Crippen molar-refractivity contribution in [2.45, 2.75) is 184 Å². The third kappa shape index (κ3) is 46.1. The number of hydrogen-bond donors (Lipinski definition) is 20. The molecule has 6 heterocycles. The molecule has 0 saturated carbocycles. The van der Waals surface area contributed by atoms with Gasteiger partial charge in [-0.25, -0.2) is 79.5 Å². The number of ether oxygens (including phenoxy) is 11. The lowest BCUT2D eigenvalue weighted by Gasteiger charge is -2.51. The molecule has 0 aromatic carbocycles. The summed E-state index contributed by atoms with van der Waals surface area (Å²) in [6.45, 7) is -15.0. The molecule has 6 saturated heterocycles. The van der Waals surface area contributed by atoms with Crippen LogP contribution in [0.2, 0.25) is 0 Å². The standard InChI is InChI=1S/C36H62O88S19/c37-13-7(1-95-125(38,39)40)101-31(25(118-137(74,75)76)19(13)112-131(56,57)58)107-14-8(2-96-126(41,42)43)102-32(26(119-138(77,78)79)20(14)113-132(59,60)61)108-15-9(3-97-127(44,45)46)103-33(27(120-139(80,81)82)21(15)114-133(62,63)64)109-16-10(4-98-128(47,48)49)104-34(28(121-140(83,84)85)22(16)115-134(65,66)67)110-17-11(5-99-129(50,51)52)105-35(29(122-141(86,87)88)23(17)116-135(68,69)70)111-18-12(6-100-130(53,54)55)106-36(124-143(92,93)94)30(123-142(89,90)91)24(18)117-136(71,72)73/h7-37H,1-6H2,(H,38,39,40)(H,41,42,43)(H,44,45,46)(H,47,48,49)(H,50,51,52)(H,53,54,55)(H,56,57,58)(H,59,60,61)(H,62,63,64)(H,65,66,67)(H,68,69,70)(H,71,72,73)(H,74,75,76)(H,77,78,79)(H,80,81,82)(H,83,84,85)(H,86,87,88)(H,89,90,91)(H,92,93,94)/t7-,8-,9-,10-,11-,12-,13-,14-,15-,16-,17-,18-,19+,20+,21+,22+,23+,24+,25-,26-,27-,28-,29-,30-,31-,32-,33-,34-,35-,36?/m1/s1. The van der Waals surface area contributed by atoms with E-state index in [1.54, 1.807) is 0 Å². The minimum Gasteiger partial charge on any atom is -0.387 e. The lowest BCUT2D eigenvalue weighted by molar-refractivity contribution is -0.386. The van der Waals surface area contributed by atoms with Gasteiger partial charge in [0.2, 0.25) is 6.29 Å². The van der Waals surface area contributed by atoms with Crippen LogP contribution in [0.3, 0.4) is 0 Å². The molecule has 30 atom stereocenters. The topological polar surface area (TPSA) is 1330 Å². The van der Waals surface area contributed by atoms with Crippen LogP contribution in [0.25, 0.3) is 0 Å². The minimum absolute atomic E-state index is 2.09. The first-order chi connectivity index (χ1) is 63.5. The van der Waals surface area contributed by atoms with Crippen LogP contribution in [-0.4, -0.2) is 475 Å². The van der Waals surface area contributed by atoms with E-state index in [9.17, 15) is 252 Å². The van der Waals surface area contributed by atoms with Crippen molar-refractivity contribution in [1.82, 2.24) is 0 Å². The number of aliphatic hydroxyl groups excluding tert-OH is 1. The van der Waals surface area contributed by atoms with Crippen molar-refractivity contribution in [3.05, 3.63) is 0 Å². The first kappa shape index (κ1) is 129. The Morgan fingerprint density at radius 1 is 0.140 bits per heavy atom. The van der Waals surface area contributed by atoms with E-state index in [1.165, 1.54) is 0 Å². The van der Waals surface area contributed by atoms with Gasteiger partial charge in [0, 0.05) is 0 Å². The van der Waals surface area contributed by atoms with Crippen molar-refractivity contribution in [3.8, 4) is 0 Å². The van der Waals surface area contributed by atoms with Crippen LogP contribution in [0.1, 0.15) is 0 Å². The highest BCUT2D eigenvalue weighted by atomic mass is 32.3. The average Bonchev–Trinajstić information content (AvgIpc) is 0.745. The zero-order valence-electron chi connectivity index (χ0n) is 66.0. The fourth-order valence-corrected chi connectivity index (χ4v) is 20.4. The molecule has 0 radical (unpaired) electrons. The van der Waals surface area contributed by atoms with Gasteiger partial charge in [0.1, 0.15) is 110 Å². The highest BCUT2D eigenvalue weighted by molar-refractivity contribution is 7.85. The normalized spacial score (nSPS) is 33.5. The maximum atomic E-state index is 13.2. The van der Waals surface area contributed by atoms with Crippen LogP contribution in [0, 0.1) is 0 Å². The van der Waals surface area contributed by atoms with Gasteiger partial charge >= 0.3 is 198 Å². The van der Waals surface area contributed by atoms with Crippen molar-refractivity contribution in [3.63, 3.8) is 0 Å². The lowest BCUT2D eigenvalue weighted by Crippen LogP contribution is -2.70. The Bertz CT molecular complexity index is 6720. The third-order valence-corrected chi connectivity index (χ3v) is 24.9. The molecule has 88 nitrogen and oxygen atoms in total. The highest BCUT2D eigenvalue weighted by Gasteiger charge is 2.66. The first-order valence-corrected chi connectivity index (χ1v) is 59.6. The number of rotatable bonds is 54. The maximum absolute atomic E-state index is 13.2. The second kappa shape index (κ2) is 47.2. The Kier molecular flexibility index (Phi) is 42.4. The zero-order valence-corrected chi connectivity index (χ0v) is 81.5. The Morgan fingerprint density at radius 2 is 0.259 bits per heavy atom. The third-order valence-electron chi connectivity index (χ3n) is 16.3. The van der Waals surface area contributed by atoms with Crippen molar-refractivity contribution < 1.29 is 383 Å². The fourth-order valence-electron chi connectivity index (χ4n) is 12.3. The average molecular weight is 2510 g/mol. The summed E-state index contributed by atoms with van der Waals surface area (Å²) in [6, 6.07) is 0. The van der Waals surface area contributed by atoms with Crippen LogP contribution in [-0.2, 0) is 329 Å². The molecule has 143 heavy (non-hydrogen) atoms. The Balaban J connectivity index is 1.71. The summed E-state index contributed by atoms with van der Waals surface area (Å²) >= 11 is 0. The second-order valence-corrected chi connectivity index (χ2v) is 46.6. The lowest BCUT2D eigenvalue weighted by atomic mass is 9.95. The van der Waals surface area contributed by atoms with Gasteiger partial charge in [0.25, 0.3) is 0 Å². The Hall–Kier alpha value is -2.95. The Labute approximate surface area is 799 Å². The highest BCUT2D eigenvalue weighted by Crippen LogP contribution is 2.45. The van der Waals surface area contributed by atoms with Gasteiger partial charge in [0.05, 0.1) is 39.6 Å². The first-order valence-electron chi connectivity index (χ1n) is 33.7. The molecule has 0 bridgehead atoms. The van der Waals surface area contributed by atoms with Crippen LogP contribution >= 0.6 is 0 Å². The van der Waals surface area contributed by atoms with E-state index in [4.69, 9.17) is 52.1 Å². The molecular weight excluding hydrogens is 2450 g/mol. The summed E-state index contributed by atoms with van der Waals surface area (Å²) < 4.78 is 806. The molecule has 0 spiro atoms. The van der Waals surface area contributed by atoms with E-state index >= 15 is 0 Å². The molecule has 6 aliphatic rings. The van der Waals surface area contributed by atoms with Crippen molar-refractivity contribution in [2.75, 3.05) is 39.6 Å². The largest absolute Gasteiger partial charge is 0.399 e. The quantitative estimate of drug-likeness (QED) is 0.0251. The van der Waals surface area contributed by atoms with Crippen LogP contribution in [0.4, 0.5) is 0 Å². The smallest absolute Gasteiger partial charge is 0.387 e. The molecule has 6 aliphatic heterocycles. The van der Waals surface area contributed by atoms with Gasteiger partial charge in [-0.2, -0.15) is 160 Å². The van der Waals surface area contributed by atoms with E-state index in [0.29, 0.717) is 0 Å². The van der Waals surface area contributed by atoms with E-state index in [0.717, 1.165) is 0 Å². The van der Waals surface area contributed by atoms with Gasteiger partial charge in [-0.05, 0) is 0 Å². The molecule has 1 unspecified atom stereocenters. The second-order valence-electron chi connectivity index (χ2n) is 26.4. The van der Waals surface area contributed by atoms with Crippen LogP contribution < -0.4 is 0 Å². The van der Waals surface area contributed by atoms with E-state index in [2.05, 4.69) is 79.5 Å². The molecule has 6 rings (SSSR count). The molecule has 0 aromatic heterocycles. The van der Waals surface area contributed by atoms with Gasteiger partial charge in [-0.3, -0.25) is 86.5 Å². The zero-order chi connectivity index (χ0) is 110. The molecule has 0 amide bonds. The molecule has 0 aliphatic carbocycles. The minimum atomic E-state index is -7.14. The number of hydrogen-bond acceptors (Lipinski definition) is 69. The summed E-state index contributed by atoms with van der Waals surface area (Å²) in [6.07, 6.45) is -117. The Morgan fingerprint density at radius 3 is 0.413 bits per heavy atom. The van der Waals surface area contributed by atoms with E-state index < -0.39 is 421 Å².